The van der Waals surface area contributed by atoms with E-state index in [2.05, 4.69) is 58.2 Å². The van der Waals surface area contributed by atoms with E-state index in [0.29, 0.717) is 30.4 Å². The zero-order chi connectivity index (χ0) is 62.3. The summed E-state index contributed by atoms with van der Waals surface area (Å²) in [5, 5.41) is 55.5. The second-order valence-corrected chi connectivity index (χ2v) is 19.3. The van der Waals surface area contributed by atoms with E-state index in [1.165, 1.54) is 6.92 Å². The molecule has 0 aliphatic heterocycles. The SMILES string of the molecule is C[C@H](NC(=O)[C@@H](NC(=O)[C@H](CCC(N)=O)NC(=O)[C@@H](N)CCCCN)[C@@H](C)O)C(=O)N[C@@H](CCCN=C(N)N)C(=O)N[C@@H](CCCCNC(=O)c1cc2ccccc2o1)C(=O)N[C@@H](CO)C(=O)N[C@H](C(=O)NCC(=O)NCC(N)=O)[C@@H](C)O. The minimum Gasteiger partial charge on any atom is -0.451 e. The van der Waals surface area contributed by atoms with Crippen LogP contribution < -0.4 is 87.6 Å². The number of guanidine groups is 1. The summed E-state index contributed by atoms with van der Waals surface area (Å²) in [5.41, 5.74) is 33.2. The predicted molar refractivity (Wildman–Crippen MR) is 296 cm³/mol. The van der Waals surface area contributed by atoms with Gasteiger partial charge in [0.25, 0.3) is 5.91 Å². The fourth-order valence-electron chi connectivity index (χ4n) is 7.62. The van der Waals surface area contributed by atoms with Gasteiger partial charge in [0.2, 0.25) is 65.0 Å². The lowest BCUT2D eigenvalue weighted by Crippen LogP contribution is -2.61. The number of hydrogen-bond donors (Lipinski definition) is 19. The Morgan fingerprint density at radius 1 is 0.566 bits per heavy atom. The van der Waals surface area contributed by atoms with E-state index in [1.807, 2.05) is 0 Å². The van der Waals surface area contributed by atoms with Crippen molar-refractivity contribution in [2.45, 2.75) is 146 Å². The Hall–Kier alpha value is -8.53. The number of primary amides is 2. The van der Waals surface area contributed by atoms with Crippen molar-refractivity contribution in [3.05, 3.63) is 36.1 Å². The van der Waals surface area contributed by atoms with Crippen LogP contribution in [0.2, 0.25) is 0 Å². The fourth-order valence-corrected chi connectivity index (χ4v) is 7.62. The molecule has 10 atom stereocenters. The van der Waals surface area contributed by atoms with E-state index in [-0.39, 0.29) is 76.2 Å². The van der Waals surface area contributed by atoms with Gasteiger partial charge in [-0.1, -0.05) is 24.6 Å². The Morgan fingerprint density at radius 2 is 1.11 bits per heavy atom. The highest BCUT2D eigenvalue weighted by molar-refractivity contribution is 5.99. The van der Waals surface area contributed by atoms with Crippen LogP contribution >= 0.6 is 0 Å². The molecule has 0 spiro atoms. The first-order valence-electron chi connectivity index (χ1n) is 26.7. The van der Waals surface area contributed by atoms with E-state index in [4.69, 9.17) is 38.8 Å². The Kier molecular flexibility index (Phi) is 31.2. The van der Waals surface area contributed by atoms with Crippen molar-refractivity contribution in [1.82, 2.24) is 53.2 Å². The molecule has 1 heterocycles. The van der Waals surface area contributed by atoms with Crippen LogP contribution in [-0.2, 0) is 52.7 Å². The predicted octanol–water partition coefficient (Wildman–Crippen LogP) is -8.01. The van der Waals surface area contributed by atoms with E-state index in [0.717, 1.165) is 13.8 Å². The first-order valence-corrected chi connectivity index (χ1v) is 26.7. The summed E-state index contributed by atoms with van der Waals surface area (Å²) in [6, 6.07) is -4.03. The summed E-state index contributed by atoms with van der Waals surface area (Å²) < 4.78 is 5.61. The Bertz CT molecular complexity index is 2540. The van der Waals surface area contributed by atoms with E-state index in [9.17, 15) is 72.9 Å². The van der Waals surface area contributed by atoms with Crippen LogP contribution in [-0.4, -0.2) is 192 Å². The van der Waals surface area contributed by atoms with Crippen LogP contribution in [0.3, 0.4) is 0 Å². The largest absolute Gasteiger partial charge is 0.451 e. The standard InChI is InChI=1S/C50H81N17O16/c1-25(61-49(82)40(27(3)70)67-45(78)32(16-17-36(53)71)63-42(75)29(52)12-6-8-18-51)41(74)62-31(14-10-20-58-50(55)56)43(76)64-30(13-7-9-19-57-47(80)35-21-28-11-4-5-15-34(28)83-35)44(77)65-33(24-68)46(79)66-39(26(2)69)48(81)60-23-38(73)59-22-37(54)72/h4-5,11,15,21,25-27,29-33,39-40,68-70H,6-10,12-14,16-20,22-24,51-52H2,1-3H3,(H2,53,71)(H2,54,72)(H,57,80)(H,59,73)(H,60,81)(H,61,82)(H,62,74)(H,63,75)(H,64,76)(H,65,77)(H,66,79)(H,67,78)(H4,55,56,58)/t25-,26+,27+,29-,30-,31-,32-,33-,39-,40-/m0/s1. The number of hydrogen-bond acceptors (Lipinski definition) is 19. The van der Waals surface area contributed by atoms with Crippen molar-refractivity contribution in [2.75, 3.05) is 39.3 Å². The number of rotatable bonds is 39. The van der Waals surface area contributed by atoms with Crippen molar-refractivity contribution in [3.63, 3.8) is 0 Å². The number of fused-ring (bicyclic) bond motifs is 1. The van der Waals surface area contributed by atoms with Crippen LogP contribution in [0.15, 0.2) is 39.7 Å². The first-order chi connectivity index (χ1) is 39.2. The van der Waals surface area contributed by atoms with Crippen LogP contribution in [0.25, 0.3) is 11.0 Å². The molecule has 33 heteroatoms. The molecule has 0 unspecified atom stereocenters. The van der Waals surface area contributed by atoms with Crippen LogP contribution in [0.5, 0.6) is 0 Å². The smallest absolute Gasteiger partial charge is 0.287 e. The molecule has 0 aliphatic carbocycles. The number of amides is 12. The van der Waals surface area contributed by atoms with Crippen molar-refractivity contribution >= 4 is 87.8 Å². The first kappa shape index (κ1) is 70.6. The van der Waals surface area contributed by atoms with Crippen molar-refractivity contribution in [2.24, 2.45) is 39.4 Å². The zero-order valence-electron chi connectivity index (χ0n) is 46.5. The average molecular weight is 1180 g/mol. The summed E-state index contributed by atoms with van der Waals surface area (Å²) in [4.78, 5) is 160. The molecular weight excluding hydrogens is 1090 g/mol. The number of para-hydroxylation sites is 1. The topological polar surface area (TPSA) is 567 Å². The maximum atomic E-state index is 14.3. The lowest BCUT2D eigenvalue weighted by Gasteiger charge is -2.28. The minimum atomic E-state index is -1.85. The molecule has 0 aliphatic rings. The highest BCUT2D eigenvalue weighted by Crippen LogP contribution is 2.19. The Labute approximate surface area is 477 Å². The highest BCUT2D eigenvalue weighted by Gasteiger charge is 2.35. The third-order valence-corrected chi connectivity index (χ3v) is 12.3. The number of aliphatic imine (C=N–C) groups is 1. The molecule has 1 aromatic carbocycles. The summed E-state index contributed by atoms with van der Waals surface area (Å²) in [5.74, 6) is -11.6. The van der Waals surface area contributed by atoms with Gasteiger partial charge in [0.1, 0.15) is 47.9 Å². The van der Waals surface area contributed by atoms with Crippen molar-refractivity contribution in [3.8, 4) is 0 Å². The normalized spacial score (nSPS) is 14.6. The number of carbonyl (C=O) groups excluding carboxylic acids is 12. The fraction of sp³-hybridized carbons (Fsp3) is 0.580. The number of carbonyl (C=O) groups is 12. The number of aliphatic hydroxyl groups excluding tert-OH is 3. The number of aliphatic hydroxyl groups is 3. The summed E-state index contributed by atoms with van der Waals surface area (Å²) in [6.07, 6.45) is -2.74. The van der Waals surface area contributed by atoms with Gasteiger partial charge in [-0.15, -0.1) is 0 Å². The van der Waals surface area contributed by atoms with Gasteiger partial charge in [-0.3, -0.25) is 62.5 Å². The molecule has 12 amide bonds. The molecule has 462 valence electrons. The molecule has 33 nitrogen and oxygen atoms in total. The molecule has 0 bridgehead atoms. The molecule has 0 saturated carbocycles. The third-order valence-electron chi connectivity index (χ3n) is 12.3. The van der Waals surface area contributed by atoms with Crippen molar-refractivity contribution in [1.29, 1.82) is 0 Å². The second kappa shape index (κ2) is 36.7. The van der Waals surface area contributed by atoms with Gasteiger partial charge in [0, 0.05) is 24.9 Å². The number of nitrogens with two attached hydrogens (primary N) is 6. The van der Waals surface area contributed by atoms with E-state index < -0.39 is 151 Å². The maximum Gasteiger partial charge on any atom is 0.287 e. The molecule has 25 N–H and O–H groups in total. The van der Waals surface area contributed by atoms with Gasteiger partial charge in [-0.25, -0.2) is 0 Å². The highest BCUT2D eigenvalue weighted by atomic mass is 16.3. The van der Waals surface area contributed by atoms with Crippen LogP contribution in [0.4, 0.5) is 0 Å². The Balaban J connectivity index is 2.37. The minimum absolute atomic E-state index is 0.0295. The average Bonchev–Trinajstić information content (AvgIpc) is 4.01. The number of benzene rings is 1. The second-order valence-electron chi connectivity index (χ2n) is 19.3. The third kappa shape index (κ3) is 26.3. The molecule has 0 saturated heterocycles. The lowest BCUT2D eigenvalue weighted by molar-refractivity contribution is -0.137. The van der Waals surface area contributed by atoms with Gasteiger partial charge in [-0.2, -0.15) is 0 Å². The zero-order valence-corrected chi connectivity index (χ0v) is 46.5. The monoisotopic (exact) mass is 1180 g/mol. The number of nitrogens with zero attached hydrogens (tertiary/aromatic N) is 1. The van der Waals surface area contributed by atoms with Gasteiger partial charge in [0.15, 0.2) is 11.7 Å². The number of nitrogens with one attached hydrogen (secondary N) is 10. The number of furan rings is 1. The van der Waals surface area contributed by atoms with Gasteiger partial charge < -0.3 is 107 Å². The molecule has 0 radical (unpaired) electrons. The lowest BCUT2D eigenvalue weighted by atomic mass is 10.0. The van der Waals surface area contributed by atoms with E-state index in [1.54, 1.807) is 30.3 Å². The molecular formula is C50H81N17O16. The van der Waals surface area contributed by atoms with Crippen molar-refractivity contribution < 1.29 is 77.3 Å². The maximum absolute atomic E-state index is 14.3. The van der Waals surface area contributed by atoms with Gasteiger partial charge in [0.05, 0.1) is 37.9 Å². The van der Waals surface area contributed by atoms with Gasteiger partial charge >= 0.3 is 0 Å². The summed E-state index contributed by atoms with van der Waals surface area (Å²) >= 11 is 0. The number of unbranched alkanes of at least 4 members (excludes halogenated alkanes) is 2. The van der Waals surface area contributed by atoms with Gasteiger partial charge in [-0.05, 0) is 90.8 Å². The molecule has 1 aromatic heterocycles. The Morgan fingerprint density at radius 3 is 1.69 bits per heavy atom. The molecule has 2 rings (SSSR count). The summed E-state index contributed by atoms with van der Waals surface area (Å²) in [7, 11) is 0. The summed E-state index contributed by atoms with van der Waals surface area (Å²) in [6.45, 7) is 1.44. The van der Waals surface area contributed by atoms with Crippen LogP contribution in [0, 0.1) is 0 Å². The van der Waals surface area contributed by atoms with E-state index >= 15 is 0 Å². The molecule has 0 fully saturated rings. The molecule has 2 aromatic rings. The quantitative estimate of drug-likeness (QED) is 0.0168. The van der Waals surface area contributed by atoms with Crippen LogP contribution in [0.1, 0.15) is 95.5 Å². The molecule has 83 heavy (non-hydrogen) atoms.